The summed E-state index contributed by atoms with van der Waals surface area (Å²) in [6.45, 7) is 3.10. The van der Waals surface area contributed by atoms with E-state index >= 15 is 0 Å². The second-order valence-corrected chi connectivity index (χ2v) is 17.2. The molecule has 0 radical (unpaired) electrons. The molecule has 350 valence electrons. The number of rotatable bonds is 14. The zero-order valence-corrected chi connectivity index (χ0v) is 37.5. The number of amides is 2. The fourth-order valence-electron chi connectivity index (χ4n) is 7.12. The van der Waals surface area contributed by atoms with Crippen LogP contribution in [0.4, 0.5) is 53.6 Å². The summed E-state index contributed by atoms with van der Waals surface area (Å²) in [5.41, 5.74) is 7.70. The normalized spacial score (nSPS) is 13.8. The van der Waals surface area contributed by atoms with E-state index in [0.29, 0.717) is 61.3 Å². The molecule has 0 spiro atoms. The number of aromatic nitrogens is 6. The molecule has 2 saturated carbocycles. The molecule has 7 aromatic rings. The minimum Gasteiger partial charge on any atom is -0.382 e. The molecule has 2 aliphatic carbocycles. The van der Waals surface area contributed by atoms with Gasteiger partial charge in [-0.05, 0) is 121 Å². The molecule has 0 bridgehead atoms. The van der Waals surface area contributed by atoms with Gasteiger partial charge in [-0.3, -0.25) is 9.59 Å². The first-order chi connectivity index (χ1) is 31.9. The first-order valence-electron chi connectivity index (χ1n) is 21.3. The minimum absolute atomic E-state index is 0.0864. The van der Waals surface area contributed by atoms with Crippen molar-refractivity contribution in [1.29, 1.82) is 0 Å². The molecule has 2 amide bonds. The maximum Gasteiger partial charge on any atom is 0.390 e. The zero-order chi connectivity index (χ0) is 47.6. The first kappa shape index (κ1) is 46.7. The monoisotopic (exact) mass is 993 g/mol. The van der Waals surface area contributed by atoms with E-state index in [1.54, 1.807) is 47.2 Å². The maximum absolute atomic E-state index is 13.3. The number of alkyl halides is 6. The third-order valence-electron chi connectivity index (χ3n) is 10.8. The highest BCUT2D eigenvalue weighted by Crippen LogP contribution is 2.32. The van der Waals surface area contributed by atoms with Crippen LogP contribution in [0.15, 0.2) is 89.8 Å². The second-order valence-electron chi connectivity index (χ2n) is 16.4. The molecule has 9 rings (SSSR count). The highest BCUT2D eigenvalue weighted by atomic mass is 79.9. The molecule has 2 fully saturated rings. The number of carbonyl (C=O) groups is 2. The molecule has 67 heavy (non-hydrogen) atoms. The molecular weight excluding hydrogens is 951 g/mol. The van der Waals surface area contributed by atoms with Crippen LogP contribution in [-0.4, -0.2) is 78.5 Å². The lowest BCUT2D eigenvalue weighted by Crippen LogP contribution is -2.26. The zero-order valence-electron chi connectivity index (χ0n) is 35.9. The van der Waals surface area contributed by atoms with Crippen molar-refractivity contribution in [3.63, 3.8) is 0 Å². The molecule has 0 atom stereocenters. The van der Waals surface area contributed by atoms with Crippen molar-refractivity contribution in [2.45, 2.75) is 76.8 Å². The number of imidazole rings is 2. The van der Waals surface area contributed by atoms with Crippen LogP contribution in [0.5, 0.6) is 0 Å². The summed E-state index contributed by atoms with van der Waals surface area (Å²) in [4.78, 5) is 33.6. The van der Waals surface area contributed by atoms with Crippen LogP contribution in [-0.2, 0) is 0 Å². The SMILES string of the molecule is Cc1cc(-c2cnc3c(NCCC(F)(F)F)cc(Br)nn23)ccc1C(=O)NC1CC1.Cc1cc(-c2cnc3c(NCCC(F)(F)F)cc(Nc4ccc(F)cc4)nn23)ccc1C(=O)NC1CC1. The van der Waals surface area contributed by atoms with Gasteiger partial charge in [-0.1, -0.05) is 12.1 Å². The Morgan fingerprint density at radius 1 is 0.657 bits per heavy atom. The quantitative estimate of drug-likeness (QED) is 0.0670. The minimum atomic E-state index is -4.31. The predicted molar refractivity (Wildman–Crippen MR) is 243 cm³/mol. The highest BCUT2D eigenvalue weighted by molar-refractivity contribution is 9.10. The van der Waals surface area contributed by atoms with Crippen LogP contribution in [0.1, 0.15) is 70.4 Å². The standard InChI is InChI=1S/C26H24F4N6O.C20H19BrF3N5O/c1-15-12-16(2-9-20(15)25(37)34-19-7-8-19)22-14-32-24-21(31-11-10-26(28,29)30)13-23(35-36(22)24)33-18-5-3-17(27)4-6-18;1-11-8-12(2-5-14(11)19(30)27-13-3-4-13)16-10-26-18-15(9-17(21)28-29(16)18)25-7-6-20(22,23)24/h2-6,9,12-14,19,31H,7-8,10-11H2,1H3,(H,33,35)(H,34,37);2,5,8-10,13,25H,3-4,6-7H2,1H3,(H,27,30). The molecule has 2 aliphatic rings. The lowest BCUT2D eigenvalue weighted by atomic mass is 10.0. The van der Waals surface area contributed by atoms with Gasteiger partial charge < -0.3 is 26.6 Å². The van der Waals surface area contributed by atoms with E-state index in [1.807, 2.05) is 32.0 Å². The Labute approximate surface area is 387 Å². The number of nitrogens with one attached hydrogen (secondary N) is 5. The first-order valence-corrected chi connectivity index (χ1v) is 22.1. The molecule has 0 saturated heterocycles. The summed E-state index contributed by atoms with van der Waals surface area (Å²) in [6, 6.07) is 20.1. The van der Waals surface area contributed by atoms with Gasteiger partial charge in [-0.25, -0.2) is 23.4 Å². The van der Waals surface area contributed by atoms with Gasteiger partial charge in [0, 0.05) is 59.2 Å². The van der Waals surface area contributed by atoms with Crippen LogP contribution < -0.4 is 26.6 Å². The number of hydrogen-bond donors (Lipinski definition) is 5. The van der Waals surface area contributed by atoms with E-state index < -0.39 is 31.0 Å². The van der Waals surface area contributed by atoms with Crippen LogP contribution in [0.2, 0.25) is 0 Å². The Morgan fingerprint density at radius 2 is 1.12 bits per heavy atom. The molecule has 4 aromatic heterocycles. The highest BCUT2D eigenvalue weighted by Gasteiger charge is 2.29. The Bertz CT molecular complexity index is 2950. The summed E-state index contributed by atoms with van der Waals surface area (Å²) >= 11 is 3.31. The average molecular weight is 995 g/mol. The predicted octanol–water partition coefficient (Wildman–Crippen LogP) is 10.6. The second kappa shape index (κ2) is 19.2. The molecule has 13 nitrogen and oxygen atoms in total. The maximum atomic E-state index is 13.3. The summed E-state index contributed by atoms with van der Waals surface area (Å²) in [6.07, 6.45) is -3.30. The van der Waals surface area contributed by atoms with Crippen molar-refractivity contribution >= 4 is 61.9 Å². The third kappa shape index (κ3) is 12.0. The van der Waals surface area contributed by atoms with Crippen molar-refractivity contribution in [3.05, 3.63) is 118 Å². The van der Waals surface area contributed by atoms with Crippen molar-refractivity contribution < 1.29 is 40.3 Å². The van der Waals surface area contributed by atoms with Crippen molar-refractivity contribution in [1.82, 2.24) is 39.8 Å². The molecule has 21 heteroatoms. The van der Waals surface area contributed by atoms with Crippen LogP contribution in [0, 0.1) is 19.7 Å². The van der Waals surface area contributed by atoms with Gasteiger partial charge in [-0.2, -0.15) is 31.4 Å². The number of hydrogen-bond acceptors (Lipinski definition) is 9. The molecule has 3 aromatic carbocycles. The van der Waals surface area contributed by atoms with Gasteiger partial charge in [0.25, 0.3) is 11.8 Å². The number of anilines is 4. The molecule has 0 unspecified atom stereocenters. The largest absolute Gasteiger partial charge is 0.390 e. The lowest BCUT2D eigenvalue weighted by molar-refractivity contribution is -0.132. The number of benzene rings is 3. The number of halogens is 8. The third-order valence-corrected chi connectivity index (χ3v) is 11.2. The Morgan fingerprint density at radius 3 is 1.57 bits per heavy atom. The summed E-state index contributed by atoms with van der Waals surface area (Å²) in [5, 5.41) is 23.6. The summed E-state index contributed by atoms with van der Waals surface area (Å²) in [7, 11) is 0. The van der Waals surface area contributed by atoms with Gasteiger partial charge in [0.1, 0.15) is 10.4 Å². The van der Waals surface area contributed by atoms with Crippen molar-refractivity contribution in [2.75, 3.05) is 29.0 Å². The average Bonchev–Trinajstić information content (AvgIpc) is 4.17. The fourth-order valence-corrected chi connectivity index (χ4v) is 7.51. The lowest BCUT2D eigenvalue weighted by Gasteiger charge is -2.13. The van der Waals surface area contributed by atoms with Crippen LogP contribution in [0.25, 0.3) is 33.8 Å². The van der Waals surface area contributed by atoms with E-state index in [0.717, 1.165) is 47.9 Å². The molecular formula is C46H43BrF7N11O2. The van der Waals surface area contributed by atoms with Gasteiger partial charge in [0.05, 0.1) is 48.0 Å². The summed E-state index contributed by atoms with van der Waals surface area (Å²) in [5.74, 6) is -0.281. The van der Waals surface area contributed by atoms with Crippen molar-refractivity contribution in [3.8, 4) is 22.5 Å². The number of carbonyl (C=O) groups excluding carboxylic acids is 2. The van der Waals surface area contributed by atoms with E-state index in [1.165, 1.54) is 28.8 Å². The van der Waals surface area contributed by atoms with E-state index in [-0.39, 0.29) is 37.0 Å². The number of aryl methyl sites for hydroxylation is 2. The van der Waals surface area contributed by atoms with Crippen LogP contribution >= 0.6 is 15.9 Å². The smallest absolute Gasteiger partial charge is 0.382 e. The molecule has 5 N–H and O–H groups in total. The molecule has 0 aliphatic heterocycles. The summed E-state index contributed by atoms with van der Waals surface area (Å²) < 4.78 is 92.5. The van der Waals surface area contributed by atoms with E-state index in [9.17, 15) is 40.3 Å². The topological polar surface area (TPSA) is 155 Å². The van der Waals surface area contributed by atoms with E-state index in [4.69, 9.17) is 0 Å². The van der Waals surface area contributed by atoms with Crippen LogP contribution in [0.3, 0.4) is 0 Å². The fraction of sp³-hybridized carbons (Fsp3) is 0.304. The van der Waals surface area contributed by atoms with E-state index in [2.05, 4.69) is 62.7 Å². The Kier molecular flexibility index (Phi) is 13.4. The van der Waals surface area contributed by atoms with Gasteiger partial charge in [0.2, 0.25) is 0 Å². The Balaban J connectivity index is 0.000000186. The van der Waals surface area contributed by atoms with Crippen molar-refractivity contribution in [2.24, 2.45) is 0 Å². The number of fused-ring (bicyclic) bond motifs is 2. The van der Waals surface area contributed by atoms with Gasteiger partial charge in [-0.15, -0.1) is 5.10 Å². The Hall–Kier alpha value is -6.77. The van der Waals surface area contributed by atoms with Gasteiger partial charge in [0.15, 0.2) is 17.1 Å². The van der Waals surface area contributed by atoms with Gasteiger partial charge >= 0.3 is 12.4 Å². The number of nitrogens with zero attached hydrogens (tertiary/aromatic N) is 6. The molecule has 4 heterocycles.